The SMILES string of the molecule is CCc1cc(COc2cccc(CO)c2)n(CC)n1. The highest BCUT2D eigenvalue weighted by Gasteiger charge is 2.06. The van der Waals surface area contributed by atoms with E-state index in [-0.39, 0.29) is 6.61 Å². The molecule has 4 heteroatoms. The van der Waals surface area contributed by atoms with Crippen molar-refractivity contribution in [1.82, 2.24) is 9.78 Å². The van der Waals surface area contributed by atoms with Crippen molar-refractivity contribution < 1.29 is 9.84 Å². The first-order chi connectivity index (χ1) is 9.26. The highest BCUT2D eigenvalue weighted by atomic mass is 16.5. The molecule has 0 unspecified atom stereocenters. The molecule has 0 spiro atoms. The number of aryl methyl sites for hydroxylation is 2. The Labute approximate surface area is 113 Å². The largest absolute Gasteiger partial charge is 0.487 e. The van der Waals surface area contributed by atoms with E-state index in [1.54, 1.807) is 0 Å². The van der Waals surface area contributed by atoms with E-state index in [0.29, 0.717) is 6.61 Å². The van der Waals surface area contributed by atoms with Crippen molar-refractivity contribution in [3.63, 3.8) is 0 Å². The van der Waals surface area contributed by atoms with Gasteiger partial charge in [-0.1, -0.05) is 19.1 Å². The van der Waals surface area contributed by atoms with Gasteiger partial charge < -0.3 is 9.84 Å². The maximum absolute atomic E-state index is 9.10. The van der Waals surface area contributed by atoms with Crippen LogP contribution in [-0.4, -0.2) is 14.9 Å². The van der Waals surface area contributed by atoms with E-state index in [0.717, 1.165) is 35.7 Å². The first kappa shape index (κ1) is 13.6. The first-order valence-corrected chi connectivity index (χ1v) is 6.65. The van der Waals surface area contributed by atoms with Gasteiger partial charge in [0.2, 0.25) is 0 Å². The number of ether oxygens (including phenoxy) is 1. The minimum atomic E-state index is 0.0318. The molecule has 102 valence electrons. The molecule has 0 saturated carbocycles. The molecule has 1 heterocycles. The Morgan fingerprint density at radius 1 is 1.26 bits per heavy atom. The number of nitrogens with zero attached hydrogens (tertiary/aromatic N) is 2. The lowest BCUT2D eigenvalue weighted by atomic mass is 10.2. The van der Waals surface area contributed by atoms with Gasteiger partial charge in [0.15, 0.2) is 0 Å². The predicted molar refractivity (Wildman–Crippen MR) is 74.0 cm³/mol. The Kier molecular flexibility index (Phi) is 4.58. The van der Waals surface area contributed by atoms with Gasteiger partial charge in [0, 0.05) is 6.54 Å². The summed E-state index contributed by atoms with van der Waals surface area (Å²) in [5, 5.41) is 13.6. The third-order valence-corrected chi connectivity index (χ3v) is 3.04. The van der Waals surface area contributed by atoms with Gasteiger partial charge in [0.25, 0.3) is 0 Å². The van der Waals surface area contributed by atoms with Gasteiger partial charge in [-0.25, -0.2) is 0 Å². The van der Waals surface area contributed by atoms with E-state index < -0.39 is 0 Å². The maximum atomic E-state index is 9.10. The highest BCUT2D eigenvalue weighted by Crippen LogP contribution is 2.16. The first-order valence-electron chi connectivity index (χ1n) is 6.65. The summed E-state index contributed by atoms with van der Waals surface area (Å²) in [6, 6.07) is 9.59. The van der Waals surface area contributed by atoms with Gasteiger partial charge in [-0.05, 0) is 37.1 Å². The molecule has 0 saturated heterocycles. The number of benzene rings is 1. The second-order valence-corrected chi connectivity index (χ2v) is 4.39. The fourth-order valence-corrected chi connectivity index (χ4v) is 1.97. The van der Waals surface area contributed by atoms with Gasteiger partial charge in [0.05, 0.1) is 18.0 Å². The number of aliphatic hydroxyl groups excluding tert-OH is 1. The summed E-state index contributed by atoms with van der Waals surface area (Å²) in [7, 11) is 0. The van der Waals surface area contributed by atoms with E-state index in [4.69, 9.17) is 9.84 Å². The van der Waals surface area contributed by atoms with Crippen LogP contribution in [0.3, 0.4) is 0 Å². The van der Waals surface area contributed by atoms with Gasteiger partial charge in [-0.15, -0.1) is 0 Å². The molecule has 1 N–H and O–H groups in total. The number of hydrogen-bond donors (Lipinski definition) is 1. The Morgan fingerprint density at radius 3 is 2.79 bits per heavy atom. The van der Waals surface area contributed by atoms with E-state index in [1.165, 1.54) is 0 Å². The monoisotopic (exact) mass is 260 g/mol. The Morgan fingerprint density at radius 2 is 2.11 bits per heavy atom. The molecule has 2 aromatic rings. The summed E-state index contributed by atoms with van der Waals surface area (Å²) >= 11 is 0. The Balaban J connectivity index is 2.07. The van der Waals surface area contributed by atoms with Crippen molar-refractivity contribution in [2.45, 2.75) is 40.0 Å². The molecule has 1 aromatic heterocycles. The van der Waals surface area contributed by atoms with Crippen molar-refractivity contribution in [2.75, 3.05) is 0 Å². The zero-order valence-electron chi connectivity index (χ0n) is 11.5. The summed E-state index contributed by atoms with van der Waals surface area (Å²) in [5.41, 5.74) is 3.02. The molecular formula is C15H20N2O2. The third kappa shape index (κ3) is 3.35. The number of hydrogen-bond acceptors (Lipinski definition) is 3. The quantitative estimate of drug-likeness (QED) is 0.868. The molecule has 0 aliphatic rings. The lowest BCUT2D eigenvalue weighted by Crippen LogP contribution is -2.06. The van der Waals surface area contributed by atoms with Crippen LogP contribution in [0.1, 0.15) is 30.8 Å². The van der Waals surface area contributed by atoms with Crippen molar-refractivity contribution >= 4 is 0 Å². The highest BCUT2D eigenvalue weighted by molar-refractivity contribution is 5.28. The van der Waals surface area contributed by atoms with E-state index in [1.807, 2.05) is 28.9 Å². The average molecular weight is 260 g/mol. The topological polar surface area (TPSA) is 47.3 Å². The summed E-state index contributed by atoms with van der Waals surface area (Å²) in [6.07, 6.45) is 0.931. The molecule has 0 bridgehead atoms. The van der Waals surface area contributed by atoms with Gasteiger partial charge in [0.1, 0.15) is 12.4 Å². The minimum absolute atomic E-state index is 0.0318. The molecule has 4 nitrogen and oxygen atoms in total. The lowest BCUT2D eigenvalue weighted by molar-refractivity contribution is 0.275. The predicted octanol–water partition coefficient (Wildman–Crippen LogP) is 2.54. The molecular weight excluding hydrogens is 240 g/mol. The molecule has 19 heavy (non-hydrogen) atoms. The van der Waals surface area contributed by atoms with Gasteiger partial charge in [-0.3, -0.25) is 4.68 Å². The summed E-state index contributed by atoms with van der Waals surface area (Å²) in [6.45, 7) is 5.54. The van der Waals surface area contributed by atoms with Crippen LogP contribution in [-0.2, 0) is 26.2 Å². The summed E-state index contributed by atoms with van der Waals surface area (Å²) in [4.78, 5) is 0. The van der Waals surface area contributed by atoms with Crippen LogP contribution in [0.2, 0.25) is 0 Å². The Hall–Kier alpha value is -1.81. The normalized spacial score (nSPS) is 10.7. The fraction of sp³-hybridized carbons (Fsp3) is 0.400. The number of aromatic nitrogens is 2. The van der Waals surface area contributed by atoms with Crippen LogP contribution in [0.5, 0.6) is 5.75 Å². The zero-order chi connectivity index (χ0) is 13.7. The minimum Gasteiger partial charge on any atom is -0.487 e. The molecule has 2 rings (SSSR count). The van der Waals surface area contributed by atoms with E-state index in [9.17, 15) is 0 Å². The van der Waals surface area contributed by atoms with Crippen molar-refractivity contribution in [3.8, 4) is 5.75 Å². The van der Waals surface area contributed by atoms with E-state index in [2.05, 4.69) is 25.0 Å². The zero-order valence-corrected chi connectivity index (χ0v) is 11.5. The van der Waals surface area contributed by atoms with E-state index >= 15 is 0 Å². The fourth-order valence-electron chi connectivity index (χ4n) is 1.97. The molecule has 0 aliphatic carbocycles. The maximum Gasteiger partial charge on any atom is 0.130 e. The molecule has 0 fully saturated rings. The Bertz CT molecular complexity index is 535. The second kappa shape index (κ2) is 6.38. The van der Waals surface area contributed by atoms with Crippen LogP contribution >= 0.6 is 0 Å². The van der Waals surface area contributed by atoms with Crippen LogP contribution < -0.4 is 4.74 Å². The standard InChI is InChI=1S/C15H20N2O2/c1-3-13-9-14(17(4-2)16-13)11-19-15-7-5-6-12(8-15)10-18/h5-9,18H,3-4,10-11H2,1-2H3. The number of aliphatic hydroxyl groups is 1. The summed E-state index contributed by atoms with van der Waals surface area (Å²) in [5.74, 6) is 0.772. The molecule has 0 aliphatic heterocycles. The van der Waals surface area contributed by atoms with Crippen molar-refractivity contribution in [1.29, 1.82) is 0 Å². The average Bonchev–Trinajstić information content (AvgIpc) is 2.87. The van der Waals surface area contributed by atoms with Crippen LogP contribution in [0, 0.1) is 0 Å². The van der Waals surface area contributed by atoms with Crippen LogP contribution in [0.4, 0.5) is 0 Å². The van der Waals surface area contributed by atoms with Gasteiger partial charge >= 0.3 is 0 Å². The van der Waals surface area contributed by atoms with Crippen LogP contribution in [0.15, 0.2) is 30.3 Å². The smallest absolute Gasteiger partial charge is 0.130 e. The number of rotatable bonds is 6. The van der Waals surface area contributed by atoms with Gasteiger partial charge in [-0.2, -0.15) is 5.10 Å². The van der Waals surface area contributed by atoms with Crippen molar-refractivity contribution in [3.05, 3.63) is 47.3 Å². The molecule has 0 amide bonds. The summed E-state index contributed by atoms with van der Waals surface area (Å²) < 4.78 is 7.73. The molecule has 0 atom stereocenters. The second-order valence-electron chi connectivity index (χ2n) is 4.39. The van der Waals surface area contributed by atoms with Crippen LogP contribution in [0.25, 0.3) is 0 Å². The molecule has 0 radical (unpaired) electrons. The molecule has 1 aromatic carbocycles. The third-order valence-electron chi connectivity index (χ3n) is 3.04. The van der Waals surface area contributed by atoms with Crippen molar-refractivity contribution in [2.24, 2.45) is 0 Å². The lowest BCUT2D eigenvalue weighted by Gasteiger charge is -2.08.